The molecule has 0 radical (unpaired) electrons. The van der Waals surface area contributed by atoms with E-state index in [1.165, 1.54) is 0 Å². The number of Topliss-reactive ketones (excluding diaryl/α,β-unsaturated/α-hetero) is 1. The second-order valence-corrected chi connectivity index (χ2v) is 7.51. The molecule has 3 rings (SSSR count). The van der Waals surface area contributed by atoms with Crippen molar-refractivity contribution < 1.29 is 19.4 Å². The number of aryl methyl sites for hydroxylation is 1. The van der Waals surface area contributed by atoms with Gasteiger partial charge in [0, 0.05) is 18.5 Å². The highest BCUT2D eigenvalue weighted by Gasteiger charge is 2.64. The summed E-state index contributed by atoms with van der Waals surface area (Å²) in [4.78, 5) is 14.8. The zero-order chi connectivity index (χ0) is 18.4. The topological polar surface area (TPSA) is 59.0 Å². The predicted molar refractivity (Wildman–Crippen MR) is 96.5 cm³/mol. The summed E-state index contributed by atoms with van der Waals surface area (Å²) >= 11 is 0. The SMILES string of the molecule is CCc1ccc(OC)c2c1[C@@]1(C)[C@@H](O2)C(=O)CC[C@@]1(O)CN(C)CC. The minimum Gasteiger partial charge on any atom is -0.493 e. The van der Waals surface area contributed by atoms with Gasteiger partial charge < -0.3 is 19.5 Å². The highest BCUT2D eigenvalue weighted by Crippen LogP contribution is 2.57. The van der Waals surface area contributed by atoms with Crippen LogP contribution in [-0.2, 0) is 16.6 Å². The zero-order valence-corrected chi connectivity index (χ0v) is 15.9. The molecule has 0 spiro atoms. The summed E-state index contributed by atoms with van der Waals surface area (Å²) in [6.45, 7) is 7.48. The molecule has 0 bridgehead atoms. The summed E-state index contributed by atoms with van der Waals surface area (Å²) in [7, 11) is 3.60. The van der Waals surface area contributed by atoms with E-state index in [9.17, 15) is 9.90 Å². The molecular formula is C20H29NO4. The number of nitrogens with zero attached hydrogens (tertiary/aromatic N) is 1. The van der Waals surface area contributed by atoms with E-state index in [1.807, 2.05) is 26.1 Å². The van der Waals surface area contributed by atoms with Crippen LogP contribution in [0.15, 0.2) is 12.1 Å². The molecule has 1 aliphatic heterocycles. The van der Waals surface area contributed by atoms with Crippen molar-refractivity contribution in [2.75, 3.05) is 27.2 Å². The number of hydrogen-bond acceptors (Lipinski definition) is 5. The summed E-state index contributed by atoms with van der Waals surface area (Å²) in [5, 5.41) is 11.7. The lowest BCUT2D eigenvalue weighted by Gasteiger charge is -2.49. The predicted octanol–water partition coefficient (Wildman–Crippen LogP) is 2.32. The number of fused-ring (bicyclic) bond motifs is 3. The molecule has 2 aliphatic rings. The van der Waals surface area contributed by atoms with E-state index in [4.69, 9.17) is 9.47 Å². The van der Waals surface area contributed by atoms with Gasteiger partial charge in [0.05, 0.1) is 18.1 Å². The van der Waals surface area contributed by atoms with Crippen LogP contribution in [0.2, 0.25) is 0 Å². The van der Waals surface area contributed by atoms with Gasteiger partial charge in [-0.15, -0.1) is 0 Å². The minimum atomic E-state index is -1.03. The molecule has 0 amide bonds. The van der Waals surface area contributed by atoms with Gasteiger partial charge in [-0.3, -0.25) is 4.79 Å². The molecule has 1 saturated carbocycles. The van der Waals surface area contributed by atoms with Crippen LogP contribution in [0.5, 0.6) is 11.5 Å². The van der Waals surface area contributed by atoms with Crippen LogP contribution in [0.1, 0.15) is 44.7 Å². The van der Waals surface area contributed by atoms with E-state index >= 15 is 0 Å². The van der Waals surface area contributed by atoms with Gasteiger partial charge in [0.2, 0.25) is 0 Å². The Morgan fingerprint density at radius 2 is 2.12 bits per heavy atom. The molecule has 0 saturated heterocycles. The number of ether oxygens (including phenoxy) is 2. The molecular weight excluding hydrogens is 318 g/mol. The van der Waals surface area contributed by atoms with Gasteiger partial charge in [0.25, 0.3) is 0 Å². The van der Waals surface area contributed by atoms with E-state index in [1.54, 1.807) is 7.11 Å². The first-order valence-corrected chi connectivity index (χ1v) is 9.13. The number of hydrogen-bond donors (Lipinski definition) is 1. The first kappa shape index (κ1) is 18.2. The molecule has 1 fully saturated rings. The fourth-order valence-electron chi connectivity index (χ4n) is 4.50. The molecule has 25 heavy (non-hydrogen) atoms. The van der Waals surface area contributed by atoms with Crippen LogP contribution in [-0.4, -0.2) is 54.7 Å². The summed E-state index contributed by atoms with van der Waals surface area (Å²) < 4.78 is 11.6. The number of rotatable bonds is 5. The molecule has 1 aliphatic carbocycles. The Balaban J connectivity index is 2.22. The van der Waals surface area contributed by atoms with Gasteiger partial charge >= 0.3 is 0 Å². The lowest BCUT2D eigenvalue weighted by atomic mass is 9.58. The van der Waals surface area contributed by atoms with Crippen LogP contribution in [0.3, 0.4) is 0 Å². The van der Waals surface area contributed by atoms with Gasteiger partial charge in [0.15, 0.2) is 23.4 Å². The molecule has 1 N–H and O–H groups in total. The standard InChI is InChI=1S/C20H29NO4/c1-6-13-8-9-15(24-5)17-16(13)19(3)18(25-17)14(22)10-11-20(19,23)12-21(4)7-2/h8-9,18,23H,6-7,10-12H2,1-5H3/t18-,19-,20+/m0/s1. The van der Waals surface area contributed by atoms with Crippen molar-refractivity contribution in [3.05, 3.63) is 23.3 Å². The number of aliphatic hydroxyl groups is 1. The third kappa shape index (κ3) is 2.48. The Kier molecular flexibility index (Phi) is 4.58. The van der Waals surface area contributed by atoms with Gasteiger partial charge in [-0.1, -0.05) is 19.9 Å². The van der Waals surface area contributed by atoms with Crippen molar-refractivity contribution in [2.24, 2.45) is 0 Å². The van der Waals surface area contributed by atoms with Gasteiger partial charge in [-0.2, -0.15) is 0 Å². The van der Waals surface area contributed by atoms with Gasteiger partial charge in [0.1, 0.15) is 0 Å². The number of ketones is 1. The second kappa shape index (κ2) is 6.29. The maximum absolute atomic E-state index is 12.7. The number of methoxy groups -OCH3 is 1. The molecule has 5 nitrogen and oxygen atoms in total. The highest BCUT2D eigenvalue weighted by atomic mass is 16.5. The van der Waals surface area contributed by atoms with Gasteiger partial charge in [-0.05, 0) is 45.0 Å². The number of likely N-dealkylation sites (N-methyl/N-ethyl adjacent to an activating group) is 1. The normalized spacial score (nSPS) is 30.8. The lowest BCUT2D eigenvalue weighted by Crippen LogP contribution is -2.65. The Bertz CT molecular complexity index is 689. The summed E-state index contributed by atoms with van der Waals surface area (Å²) in [5.41, 5.74) is 0.242. The van der Waals surface area contributed by atoms with Crippen molar-refractivity contribution in [1.29, 1.82) is 0 Å². The van der Waals surface area contributed by atoms with E-state index in [2.05, 4.69) is 18.7 Å². The summed E-state index contributed by atoms with van der Waals surface area (Å²) in [6, 6.07) is 3.91. The monoisotopic (exact) mass is 347 g/mol. The van der Waals surface area contributed by atoms with Crippen molar-refractivity contribution in [3.8, 4) is 11.5 Å². The fourth-order valence-corrected chi connectivity index (χ4v) is 4.50. The Hall–Kier alpha value is -1.59. The number of carbonyl (C=O) groups is 1. The van der Waals surface area contributed by atoms with Crippen LogP contribution >= 0.6 is 0 Å². The summed E-state index contributed by atoms with van der Waals surface area (Å²) in [6.07, 6.45) is 0.942. The van der Waals surface area contributed by atoms with E-state index < -0.39 is 17.1 Å². The van der Waals surface area contributed by atoms with Crippen molar-refractivity contribution in [3.63, 3.8) is 0 Å². The average Bonchev–Trinajstić information content (AvgIpc) is 2.94. The summed E-state index contributed by atoms with van der Waals surface area (Å²) in [5.74, 6) is 1.32. The molecule has 3 atom stereocenters. The number of benzene rings is 1. The Morgan fingerprint density at radius 3 is 2.72 bits per heavy atom. The molecule has 1 heterocycles. The van der Waals surface area contributed by atoms with Crippen LogP contribution in [0.4, 0.5) is 0 Å². The largest absolute Gasteiger partial charge is 0.493 e. The van der Waals surface area contributed by atoms with Crippen LogP contribution < -0.4 is 9.47 Å². The Morgan fingerprint density at radius 1 is 1.40 bits per heavy atom. The molecule has 0 aromatic heterocycles. The molecule has 1 aromatic rings. The molecule has 1 aromatic carbocycles. The average molecular weight is 347 g/mol. The maximum Gasteiger partial charge on any atom is 0.174 e. The third-order valence-electron chi connectivity index (χ3n) is 6.20. The minimum absolute atomic E-state index is 0.0617. The van der Waals surface area contributed by atoms with E-state index in [-0.39, 0.29) is 5.78 Å². The highest BCUT2D eigenvalue weighted by molar-refractivity contribution is 5.89. The molecule has 0 unspecified atom stereocenters. The zero-order valence-electron chi connectivity index (χ0n) is 15.9. The van der Waals surface area contributed by atoms with Crippen LogP contribution in [0, 0.1) is 0 Å². The second-order valence-electron chi connectivity index (χ2n) is 7.51. The Labute approximate surface area is 149 Å². The maximum atomic E-state index is 12.7. The van der Waals surface area contributed by atoms with Crippen molar-refractivity contribution in [2.45, 2.75) is 57.2 Å². The van der Waals surface area contributed by atoms with Crippen molar-refractivity contribution in [1.82, 2.24) is 4.90 Å². The van der Waals surface area contributed by atoms with Crippen molar-refractivity contribution >= 4 is 5.78 Å². The smallest absolute Gasteiger partial charge is 0.174 e. The lowest BCUT2D eigenvalue weighted by molar-refractivity contribution is -0.150. The van der Waals surface area contributed by atoms with Crippen LogP contribution in [0.25, 0.3) is 0 Å². The quantitative estimate of drug-likeness (QED) is 0.886. The fraction of sp³-hybridized carbons (Fsp3) is 0.650. The van der Waals surface area contributed by atoms with E-state index in [0.717, 1.165) is 24.1 Å². The van der Waals surface area contributed by atoms with Gasteiger partial charge in [-0.25, -0.2) is 0 Å². The third-order valence-corrected chi connectivity index (χ3v) is 6.20. The number of carbonyl (C=O) groups excluding carboxylic acids is 1. The first-order chi connectivity index (χ1) is 11.8. The molecule has 5 heteroatoms. The molecule has 138 valence electrons. The van der Waals surface area contributed by atoms with E-state index in [0.29, 0.717) is 30.9 Å². The first-order valence-electron chi connectivity index (χ1n) is 9.13.